The highest BCUT2D eigenvalue weighted by Gasteiger charge is 2.37. The number of rotatable bonds is 2. The second kappa shape index (κ2) is 5.64. The summed E-state index contributed by atoms with van der Waals surface area (Å²) in [6.07, 6.45) is -4.67. The number of aryl methyl sites for hydroxylation is 1. The molecule has 0 fully saturated rings. The van der Waals surface area contributed by atoms with Crippen LogP contribution in [-0.4, -0.2) is 19.6 Å². The van der Waals surface area contributed by atoms with E-state index in [2.05, 4.69) is 31.0 Å². The highest BCUT2D eigenvalue weighted by atomic mass is 79.9. The predicted octanol–water partition coefficient (Wildman–Crippen LogP) is 4.66. The number of nitrogens with zero attached hydrogens (tertiary/aromatic N) is 4. The van der Waals surface area contributed by atoms with E-state index >= 15 is 0 Å². The first kappa shape index (κ1) is 16.0. The molecule has 0 aliphatic rings. The molecule has 0 amide bonds. The van der Waals surface area contributed by atoms with Crippen LogP contribution < -0.4 is 4.74 Å². The first-order valence-corrected chi connectivity index (χ1v) is 7.35. The molecule has 0 aliphatic carbocycles. The van der Waals surface area contributed by atoms with E-state index in [1.165, 1.54) is 6.07 Å². The minimum Gasteiger partial charge on any atom is -0.437 e. The lowest BCUT2D eigenvalue weighted by atomic mass is 10.3. The third kappa shape index (κ3) is 3.25. The number of ether oxygens (including phenoxy) is 1. The summed E-state index contributed by atoms with van der Waals surface area (Å²) in [6, 6.07) is 6.33. The zero-order valence-corrected chi connectivity index (χ0v) is 13.7. The van der Waals surface area contributed by atoms with E-state index in [1.54, 1.807) is 25.1 Å². The van der Waals surface area contributed by atoms with E-state index in [1.807, 2.05) is 0 Å². The fourth-order valence-corrected chi connectivity index (χ4v) is 2.31. The van der Waals surface area contributed by atoms with E-state index in [9.17, 15) is 13.2 Å². The summed E-state index contributed by atoms with van der Waals surface area (Å²) < 4.78 is 45.5. The van der Waals surface area contributed by atoms with Crippen LogP contribution in [0.15, 0.2) is 28.7 Å². The first-order chi connectivity index (χ1) is 10.7. The van der Waals surface area contributed by atoms with Crippen LogP contribution >= 0.6 is 27.5 Å². The average Bonchev–Trinajstić information content (AvgIpc) is 2.87. The Morgan fingerprint density at radius 3 is 2.65 bits per heavy atom. The Bertz CT molecular complexity index is 897. The Labute approximate surface area is 141 Å². The van der Waals surface area contributed by atoms with Crippen molar-refractivity contribution in [2.45, 2.75) is 13.1 Å². The van der Waals surface area contributed by atoms with Gasteiger partial charge >= 0.3 is 6.18 Å². The van der Waals surface area contributed by atoms with Crippen molar-refractivity contribution in [2.24, 2.45) is 0 Å². The summed E-state index contributed by atoms with van der Waals surface area (Å²) >= 11 is 9.30. The van der Waals surface area contributed by atoms with E-state index in [0.717, 1.165) is 4.52 Å². The molecule has 2 aromatic heterocycles. The largest absolute Gasteiger partial charge is 0.453 e. The summed E-state index contributed by atoms with van der Waals surface area (Å²) in [6.45, 7) is 1.61. The van der Waals surface area contributed by atoms with Crippen LogP contribution in [0.5, 0.6) is 11.6 Å². The maximum absolute atomic E-state index is 12.8. The smallest absolute Gasteiger partial charge is 0.437 e. The molecule has 10 heteroatoms. The molecule has 0 unspecified atom stereocenters. The van der Waals surface area contributed by atoms with Crippen LogP contribution in [0, 0.1) is 6.92 Å². The zero-order chi connectivity index (χ0) is 16.8. The topological polar surface area (TPSA) is 52.3 Å². The number of benzene rings is 1. The summed E-state index contributed by atoms with van der Waals surface area (Å²) in [5.41, 5.74) is 0.430. The maximum Gasteiger partial charge on any atom is 0.453 e. The van der Waals surface area contributed by atoms with Gasteiger partial charge in [-0.25, -0.2) is 4.98 Å². The zero-order valence-electron chi connectivity index (χ0n) is 11.4. The molecule has 0 aliphatic heterocycles. The van der Waals surface area contributed by atoms with Crippen molar-refractivity contribution >= 4 is 33.3 Å². The quantitative estimate of drug-likeness (QED) is 0.620. The molecular formula is C13H7BrClF3N4O. The van der Waals surface area contributed by atoms with E-state index in [-0.39, 0.29) is 17.4 Å². The average molecular weight is 408 g/mol. The van der Waals surface area contributed by atoms with Gasteiger partial charge in [-0.15, -0.1) is 5.10 Å². The van der Waals surface area contributed by atoms with Crippen LogP contribution in [0.1, 0.15) is 11.5 Å². The standard InChI is InChI=1S/C13H7BrClF3N4O/c1-6-4-10(23-9-5-7(14)2-3-8(9)15)22-12(19-6)20-11(21-22)13(16,17)18/h2-5H,1H3. The van der Waals surface area contributed by atoms with Crippen molar-refractivity contribution in [1.29, 1.82) is 0 Å². The monoisotopic (exact) mass is 406 g/mol. The van der Waals surface area contributed by atoms with Gasteiger partial charge in [-0.3, -0.25) is 0 Å². The predicted molar refractivity (Wildman–Crippen MR) is 79.7 cm³/mol. The van der Waals surface area contributed by atoms with Gasteiger partial charge in [0, 0.05) is 16.2 Å². The number of hydrogen-bond donors (Lipinski definition) is 0. The molecule has 1 aromatic carbocycles. The van der Waals surface area contributed by atoms with Gasteiger partial charge in [0.2, 0.25) is 5.88 Å². The lowest BCUT2D eigenvalue weighted by Crippen LogP contribution is -2.08. The van der Waals surface area contributed by atoms with Crippen molar-refractivity contribution in [3.05, 3.63) is 45.3 Å². The third-order valence-corrected chi connectivity index (χ3v) is 3.57. The van der Waals surface area contributed by atoms with Crippen LogP contribution in [-0.2, 0) is 6.18 Å². The molecule has 0 radical (unpaired) electrons. The van der Waals surface area contributed by atoms with E-state index in [0.29, 0.717) is 15.2 Å². The van der Waals surface area contributed by atoms with Gasteiger partial charge in [0.1, 0.15) is 5.75 Å². The van der Waals surface area contributed by atoms with Crippen molar-refractivity contribution in [3.8, 4) is 11.6 Å². The Balaban J connectivity index is 2.13. The van der Waals surface area contributed by atoms with Gasteiger partial charge in [0.05, 0.1) is 5.02 Å². The summed E-state index contributed by atoms with van der Waals surface area (Å²) in [5.74, 6) is -1.22. The molecule has 3 rings (SSSR count). The fourth-order valence-electron chi connectivity index (χ4n) is 1.81. The molecule has 5 nitrogen and oxygen atoms in total. The van der Waals surface area contributed by atoms with Crippen molar-refractivity contribution in [2.75, 3.05) is 0 Å². The molecule has 0 saturated heterocycles. The van der Waals surface area contributed by atoms with E-state index < -0.39 is 12.0 Å². The fraction of sp³-hybridized carbons (Fsp3) is 0.154. The molecule has 0 saturated carbocycles. The van der Waals surface area contributed by atoms with Gasteiger partial charge in [0.15, 0.2) is 0 Å². The Kier molecular flexibility index (Phi) is 3.93. The lowest BCUT2D eigenvalue weighted by Gasteiger charge is -2.09. The summed E-state index contributed by atoms with van der Waals surface area (Å²) in [7, 11) is 0. The molecule has 0 atom stereocenters. The maximum atomic E-state index is 12.8. The van der Waals surface area contributed by atoms with E-state index in [4.69, 9.17) is 16.3 Å². The molecule has 120 valence electrons. The molecule has 23 heavy (non-hydrogen) atoms. The van der Waals surface area contributed by atoms with Gasteiger partial charge in [-0.05, 0) is 25.1 Å². The van der Waals surface area contributed by atoms with Gasteiger partial charge in [-0.2, -0.15) is 22.7 Å². The SMILES string of the molecule is Cc1cc(Oc2cc(Br)ccc2Cl)n2nc(C(F)(F)F)nc2n1. The highest BCUT2D eigenvalue weighted by Crippen LogP contribution is 2.33. The normalized spacial score (nSPS) is 11.9. The van der Waals surface area contributed by atoms with Gasteiger partial charge < -0.3 is 4.74 Å². The number of hydrogen-bond acceptors (Lipinski definition) is 4. The van der Waals surface area contributed by atoms with Crippen molar-refractivity contribution in [3.63, 3.8) is 0 Å². The summed E-state index contributed by atoms with van der Waals surface area (Å²) in [5, 5.41) is 3.71. The first-order valence-electron chi connectivity index (χ1n) is 6.18. The molecule has 0 N–H and O–H groups in total. The Hall–Kier alpha value is -1.87. The van der Waals surface area contributed by atoms with Crippen LogP contribution in [0.4, 0.5) is 13.2 Å². The van der Waals surface area contributed by atoms with Gasteiger partial charge in [-0.1, -0.05) is 27.5 Å². The summed E-state index contributed by atoms with van der Waals surface area (Å²) in [4.78, 5) is 7.30. The van der Waals surface area contributed by atoms with Crippen LogP contribution in [0.2, 0.25) is 5.02 Å². The second-order valence-electron chi connectivity index (χ2n) is 4.56. The Morgan fingerprint density at radius 1 is 1.22 bits per heavy atom. The Morgan fingerprint density at radius 2 is 1.96 bits per heavy atom. The third-order valence-electron chi connectivity index (χ3n) is 2.77. The molecule has 2 heterocycles. The van der Waals surface area contributed by atoms with Crippen molar-refractivity contribution in [1.82, 2.24) is 19.6 Å². The number of halogens is 5. The van der Waals surface area contributed by atoms with Crippen LogP contribution in [0.25, 0.3) is 5.78 Å². The second-order valence-corrected chi connectivity index (χ2v) is 5.88. The highest BCUT2D eigenvalue weighted by molar-refractivity contribution is 9.10. The number of aromatic nitrogens is 4. The minimum atomic E-state index is -4.67. The molecule has 3 aromatic rings. The number of fused-ring (bicyclic) bond motifs is 1. The lowest BCUT2D eigenvalue weighted by molar-refractivity contribution is -0.144. The molecule has 0 spiro atoms. The van der Waals surface area contributed by atoms with Crippen molar-refractivity contribution < 1.29 is 17.9 Å². The molecule has 0 bridgehead atoms. The molecular weight excluding hydrogens is 401 g/mol. The van der Waals surface area contributed by atoms with Crippen LogP contribution in [0.3, 0.4) is 0 Å². The minimum absolute atomic E-state index is 0.0236. The number of alkyl halides is 3. The van der Waals surface area contributed by atoms with Gasteiger partial charge in [0.25, 0.3) is 11.6 Å².